The molecular formula is C16H12BrFN4O4S. The van der Waals surface area contributed by atoms with E-state index in [0.717, 1.165) is 16.7 Å². The van der Waals surface area contributed by atoms with Crippen molar-refractivity contribution in [2.45, 2.75) is 6.61 Å². The molecule has 1 aromatic carbocycles. The van der Waals surface area contributed by atoms with Crippen LogP contribution in [0, 0.1) is 5.82 Å². The van der Waals surface area contributed by atoms with Crippen molar-refractivity contribution >= 4 is 50.7 Å². The fraction of sp³-hybridized carbons (Fsp3) is 0.125. The third-order valence-electron chi connectivity index (χ3n) is 3.65. The molecule has 1 saturated heterocycles. The molecule has 0 bridgehead atoms. The molecular weight excluding hydrogens is 443 g/mol. The van der Waals surface area contributed by atoms with Gasteiger partial charge in [-0.3, -0.25) is 14.5 Å². The minimum absolute atomic E-state index is 0.0715. The highest BCUT2D eigenvalue weighted by atomic mass is 79.9. The van der Waals surface area contributed by atoms with Gasteiger partial charge in [-0.25, -0.2) is 14.4 Å². The molecule has 1 fully saturated rings. The van der Waals surface area contributed by atoms with Gasteiger partial charge in [-0.2, -0.15) is 0 Å². The topological polar surface area (TPSA) is 119 Å². The second-order valence-corrected chi connectivity index (χ2v) is 7.19. The van der Waals surface area contributed by atoms with E-state index in [-0.39, 0.29) is 33.1 Å². The summed E-state index contributed by atoms with van der Waals surface area (Å²) in [4.78, 5) is 32.3. The highest BCUT2D eigenvalue weighted by Crippen LogP contribution is 2.40. The highest BCUT2D eigenvalue weighted by Gasteiger charge is 2.32. The highest BCUT2D eigenvalue weighted by molar-refractivity contribution is 9.10. The maximum absolute atomic E-state index is 14.4. The van der Waals surface area contributed by atoms with E-state index >= 15 is 0 Å². The predicted molar refractivity (Wildman–Crippen MR) is 100 cm³/mol. The second kappa shape index (κ2) is 7.53. The zero-order valence-corrected chi connectivity index (χ0v) is 16.2. The summed E-state index contributed by atoms with van der Waals surface area (Å²) in [5.74, 6) is -2.15. The van der Waals surface area contributed by atoms with Crippen LogP contribution in [-0.2, 0) is 11.4 Å². The van der Waals surface area contributed by atoms with Gasteiger partial charge < -0.3 is 15.6 Å². The van der Waals surface area contributed by atoms with Crippen molar-refractivity contribution in [2.24, 2.45) is 0 Å². The van der Waals surface area contributed by atoms with Crippen LogP contribution in [-0.4, -0.2) is 38.2 Å². The second-order valence-electron chi connectivity index (χ2n) is 5.40. The van der Waals surface area contributed by atoms with Crippen LogP contribution in [0.1, 0.15) is 11.1 Å². The van der Waals surface area contributed by atoms with Crippen LogP contribution >= 0.6 is 27.7 Å². The third kappa shape index (κ3) is 3.74. The summed E-state index contributed by atoms with van der Waals surface area (Å²) in [6.07, 6.45) is 4.05. The van der Waals surface area contributed by atoms with Gasteiger partial charge in [0.25, 0.3) is 11.1 Å². The van der Waals surface area contributed by atoms with Gasteiger partial charge in [-0.15, -0.1) is 0 Å². The summed E-state index contributed by atoms with van der Waals surface area (Å²) in [5, 5.41) is 9.57. The molecule has 0 unspecified atom stereocenters. The van der Waals surface area contributed by atoms with E-state index < -0.39 is 22.7 Å². The summed E-state index contributed by atoms with van der Waals surface area (Å²) in [6, 6.07) is 1.34. The van der Waals surface area contributed by atoms with Crippen molar-refractivity contribution in [3.63, 3.8) is 0 Å². The average Bonchev–Trinajstić information content (AvgIpc) is 2.89. The van der Waals surface area contributed by atoms with Crippen LogP contribution in [0.25, 0.3) is 6.08 Å². The number of aromatic hydroxyl groups is 1. The maximum atomic E-state index is 14.4. The number of benzene rings is 1. The number of nitrogens with zero attached hydrogens (tertiary/aromatic N) is 3. The number of likely N-dealkylation sites (N-methyl/N-ethyl adjacent to an activating group) is 1. The van der Waals surface area contributed by atoms with E-state index in [4.69, 9.17) is 10.5 Å². The lowest BCUT2D eigenvalue weighted by molar-refractivity contribution is -0.121. The first-order chi connectivity index (χ1) is 12.8. The lowest BCUT2D eigenvalue weighted by Crippen LogP contribution is -2.22. The Bertz CT molecular complexity index is 985. The van der Waals surface area contributed by atoms with Gasteiger partial charge in [0, 0.05) is 18.8 Å². The fourth-order valence-corrected chi connectivity index (χ4v) is 3.38. The fourth-order valence-electron chi connectivity index (χ4n) is 2.15. The number of hydrogen-bond donors (Lipinski definition) is 2. The summed E-state index contributed by atoms with van der Waals surface area (Å²) >= 11 is 3.77. The number of thioether (sulfide) groups is 1. The average molecular weight is 455 g/mol. The minimum atomic E-state index is -0.966. The molecule has 1 aliphatic rings. The Morgan fingerprint density at radius 3 is 2.85 bits per heavy atom. The number of rotatable bonds is 4. The number of nitrogens with two attached hydrogens (primary N) is 1. The normalized spacial score (nSPS) is 15.7. The van der Waals surface area contributed by atoms with Gasteiger partial charge in [0.15, 0.2) is 17.3 Å². The quantitative estimate of drug-likeness (QED) is 0.676. The lowest BCUT2D eigenvalue weighted by atomic mass is 10.1. The number of halogens is 2. The summed E-state index contributed by atoms with van der Waals surface area (Å²) in [6.45, 7) is -0.105. The lowest BCUT2D eigenvalue weighted by Gasteiger charge is -2.12. The molecule has 0 aliphatic carbocycles. The third-order valence-corrected chi connectivity index (χ3v) is 5.42. The number of carbonyl (C=O) groups is 2. The van der Waals surface area contributed by atoms with E-state index in [0.29, 0.717) is 5.56 Å². The van der Waals surface area contributed by atoms with Gasteiger partial charge in [-0.05, 0) is 45.4 Å². The molecule has 0 radical (unpaired) electrons. The first-order valence-corrected chi connectivity index (χ1v) is 9.00. The predicted octanol–water partition coefficient (Wildman–Crippen LogP) is 2.91. The Hall–Kier alpha value is -2.66. The number of anilines is 1. The van der Waals surface area contributed by atoms with Gasteiger partial charge in [-0.1, -0.05) is 0 Å². The Balaban J connectivity index is 1.94. The van der Waals surface area contributed by atoms with Crippen LogP contribution in [0.2, 0.25) is 0 Å². The monoisotopic (exact) mass is 454 g/mol. The Morgan fingerprint density at radius 2 is 2.22 bits per heavy atom. The number of ether oxygens (including phenoxy) is 1. The van der Waals surface area contributed by atoms with Crippen LogP contribution in [0.4, 0.5) is 15.0 Å². The summed E-state index contributed by atoms with van der Waals surface area (Å²) < 4.78 is 19.7. The van der Waals surface area contributed by atoms with E-state index in [9.17, 15) is 19.1 Å². The van der Waals surface area contributed by atoms with Crippen LogP contribution in [0.5, 0.6) is 11.5 Å². The van der Waals surface area contributed by atoms with Crippen molar-refractivity contribution in [1.29, 1.82) is 0 Å². The molecule has 0 atom stereocenters. The Kier molecular flexibility index (Phi) is 5.33. The van der Waals surface area contributed by atoms with Crippen molar-refractivity contribution in [2.75, 3.05) is 12.8 Å². The van der Waals surface area contributed by atoms with Gasteiger partial charge >= 0.3 is 0 Å². The molecule has 27 heavy (non-hydrogen) atoms. The number of carbonyl (C=O) groups excluding carboxylic acids is 2. The van der Waals surface area contributed by atoms with Crippen molar-refractivity contribution in [3.05, 3.63) is 44.9 Å². The number of phenolic OH excluding ortho intramolecular Hbond substituents is 1. The first kappa shape index (κ1) is 19.1. The molecule has 3 N–H and O–H groups in total. The van der Waals surface area contributed by atoms with Gasteiger partial charge in [0.1, 0.15) is 18.8 Å². The first-order valence-electron chi connectivity index (χ1n) is 7.39. The number of nitrogen functional groups attached to an aromatic ring is 1. The number of imide groups is 1. The largest absolute Gasteiger partial charge is 0.502 e. The standard InChI is InChI=1S/C16H12BrFN4O4S/c1-22-15(24)10(27-16(22)25)3-7-2-9(13(23)12(18)11(7)17)26-5-8-4-20-6-21-14(8)19/h2-4,6,23H,5H2,1H3,(H2,19,20,21)/b10-3-. The maximum Gasteiger partial charge on any atom is 0.293 e. The number of aromatic nitrogens is 2. The van der Waals surface area contributed by atoms with Crippen LogP contribution in [0.15, 0.2) is 28.0 Å². The summed E-state index contributed by atoms with van der Waals surface area (Å²) in [7, 11) is 1.35. The molecule has 2 heterocycles. The zero-order valence-electron chi connectivity index (χ0n) is 13.8. The minimum Gasteiger partial charge on any atom is -0.502 e. The molecule has 1 aliphatic heterocycles. The Labute approximate surface area is 165 Å². The molecule has 11 heteroatoms. The Morgan fingerprint density at radius 1 is 1.48 bits per heavy atom. The molecule has 2 aromatic rings. The summed E-state index contributed by atoms with van der Waals surface area (Å²) in [5.41, 5.74) is 6.37. The van der Waals surface area contributed by atoms with Crippen molar-refractivity contribution in [1.82, 2.24) is 14.9 Å². The van der Waals surface area contributed by atoms with Gasteiger partial charge in [0.2, 0.25) is 0 Å². The molecule has 2 amide bonds. The van der Waals surface area contributed by atoms with E-state index in [2.05, 4.69) is 25.9 Å². The molecule has 0 saturated carbocycles. The van der Waals surface area contributed by atoms with E-state index in [1.54, 1.807) is 0 Å². The molecule has 0 spiro atoms. The van der Waals surface area contributed by atoms with Crippen molar-refractivity contribution in [3.8, 4) is 11.5 Å². The van der Waals surface area contributed by atoms with Crippen molar-refractivity contribution < 1.29 is 23.8 Å². The number of phenols is 1. The SMILES string of the molecule is CN1C(=O)S/C(=C\c2cc(OCc3cncnc3N)c(O)c(F)c2Br)C1=O. The number of amides is 2. The smallest absolute Gasteiger partial charge is 0.293 e. The molecule has 8 nitrogen and oxygen atoms in total. The molecule has 3 rings (SSSR count). The van der Waals surface area contributed by atoms with Crippen LogP contribution in [0.3, 0.4) is 0 Å². The van der Waals surface area contributed by atoms with E-state index in [1.165, 1.54) is 31.7 Å². The molecule has 140 valence electrons. The van der Waals surface area contributed by atoms with Gasteiger partial charge in [0.05, 0.1) is 9.38 Å². The zero-order chi connectivity index (χ0) is 19.7. The molecule has 1 aromatic heterocycles. The van der Waals surface area contributed by atoms with E-state index in [1.807, 2.05) is 0 Å². The van der Waals surface area contributed by atoms with Crippen LogP contribution < -0.4 is 10.5 Å². The number of hydrogen-bond acceptors (Lipinski definition) is 8.